The van der Waals surface area contributed by atoms with Crippen LogP contribution in [0.5, 0.6) is 0 Å². The SMILES string of the molecule is CNc1ccc(/N=N/c2ccc(N(C)C(C)(C)C)cc2)cc1. The molecule has 0 aliphatic heterocycles. The van der Waals surface area contributed by atoms with Crippen LogP contribution in [0.2, 0.25) is 0 Å². The van der Waals surface area contributed by atoms with Crippen LogP contribution in [0.25, 0.3) is 0 Å². The Morgan fingerprint density at radius 1 is 0.818 bits per heavy atom. The molecule has 0 radical (unpaired) electrons. The molecule has 2 aromatic carbocycles. The monoisotopic (exact) mass is 296 g/mol. The molecule has 0 aliphatic rings. The Morgan fingerprint density at radius 2 is 1.27 bits per heavy atom. The van der Waals surface area contributed by atoms with Crippen LogP contribution in [-0.2, 0) is 0 Å². The van der Waals surface area contributed by atoms with Crippen molar-refractivity contribution in [2.75, 3.05) is 24.3 Å². The fourth-order valence-corrected chi connectivity index (χ4v) is 1.94. The van der Waals surface area contributed by atoms with Gasteiger partial charge < -0.3 is 10.2 Å². The molecule has 2 aromatic rings. The maximum atomic E-state index is 4.28. The maximum absolute atomic E-state index is 4.28. The Morgan fingerprint density at radius 3 is 1.68 bits per heavy atom. The topological polar surface area (TPSA) is 40.0 Å². The Kier molecular flexibility index (Phi) is 4.81. The van der Waals surface area contributed by atoms with Crippen molar-refractivity contribution >= 4 is 22.7 Å². The molecule has 0 saturated heterocycles. The lowest BCUT2D eigenvalue weighted by atomic mass is 10.1. The van der Waals surface area contributed by atoms with Gasteiger partial charge in [0.15, 0.2) is 0 Å². The van der Waals surface area contributed by atoms with E-state index in [0.717, 1.165) is 17.1 Å². The molecule has 0 atom stereocenters. The summed E-state index contributed by atoms with van der Waals surface area (Å²) >= 11 is 0. The summed E-state index contributed by atoms with van der Waals surface area (Å²) in [7, 11) is 3.99. The van der Waals surface area contributed by atoms with Gasteiger partial charge in [0, 0.05) is 31.0 Å². The third-order valence-electron chi connectivity index (χ3n) is 3.68. The minimum Gasteiger partial charge on any atom is -0.388 e. The zero-order valence-corrected chi connectivity index (χ0v) is 14.0. The number of azo groups is 1. The van der Waals surface area contributed by atoms with Gasteiger partial charge in [-0.15, -0.1) is 0 Å². The molecule has 2 rings (SSSR count). The third kappa shape index (κ3) is 4.07. The van der Waals surface area contributed by atoms with Gasteiger partial charge in [-0.2, -0.15) is 10.2 Å². The Balaban J connectivity index is 2.08. The number of nitrogens with zero attached hydrogens (tertiary/aromatic N) is 3. The average molecular weight is 296 g/mol. The number of benzene rings is 2. The molecule has 4 heteroatoms. The number of anilines is 2. The molecule has 0 aromatic heterocycles. The van der Waals surface area contributed by atoms with E-state index in [4.69, 9.17) is 0 Å². The molecule has 0 bridgehead atoms. The Labute approximate surface area is 132 Å². The number of hydrogen-bond donors (Lipinski definition) is 1. The molecule has 22 heavy (non-hydrogen) atoms. The maximum Gasteiger partial charge on any atom is 0.0858 e. The lowest BCUT2D eigenvalue weighted by molar-refractivity contribution is 0.539. The Bertz CT molecular complexity index is 622. The van der Waals surface area contributed by atoms with Crippen LogP contribution in [0.3, 0.4) is 0 Å². The molecule has 1 N–H and O–H groups in total. The second kappa shape index (κ2) is 6.60. The molecule has 116 valence electrons. The van der Waals surface area contributed by atoms with E-state index < -0.39 is 0 Å². The van der Waals surface area contributed by atoms with Crippen molar-refractivity contribution in [3.05, 3.63) is 48.5 Å². The van der Waals surface area contributed by atoms with Crippen molar-refractivity contribution in [1.29, 1.82) is 0 Å². The van der Waals surface area contributed by atoms with Gasteiger partial charge in [-0.05, 0) is 69.3 Å². The van der Waals surface area contributed by atoms with Crippen LogP contribution >= 0.6 is 0 Å². The van der Waals surface area contributed by atoms with Crippen LogP contribution in [0.15, 0.2) is 58.8 Å². The summed E-state index contributed by atoms with van der Waals surface area (Å²) in [5, 5.41) is 11.6. The normalized spacial score (nSPS) is 11.7. The molecule has 0 saturated carbocycles. The first-order valence-electron chi connectivity index (χ1n) is 7.43. The van der Waals surface area contributed by atoms with Crippen LogP contribution < -0.4 is 10.2 Å². The predicted octanol–water partition coefficient (Wildman–Crippen LogP) is 5.38. The van der Waals surface area contributed by atoms with Crippen molar-refractivity contribution in [1.82, 2.24) is 0 Å². The van der Waals surface area contributed by atoms with Gasteiger partial charge in [-0.3, -0.25) is 0 Å². The minimum absolute atomic E-state index is 0.0953. The van der Waals surface area contributed by atoms with E-state index in [1.54, 1.807) is 0 Å². The number of nitrogens with one attached hydrogen (secondary N) is 1. The van der Waals surface area contributed by atoms with Gasteiger partial charge in [0.25, 0.3) is 0 Å². The number of hydrogen-bond acceptors (Lipinski definition) is 4. The second-order valence-corrected chi connectivity index (χ2v) is 6.24. The Hall–Kier alpha value is -2.36. The van der Waals surface area contributed by atoms with E-state index in [1.807, 2.05) is 43.4 Å². The summed E-state index contributed by atoms with van der Waals surface area (Å²) in [6, 6.07) is 16.0. The van der Waals surface area contributed by atoms with Crippen LogP contribution in [-0.4, -0.2) is 19.6 Å². The molecule has 0 heterocycles. The summed E-state index contributed by atoms with van der Waals surface area (Å²) in [6.45, 7) is 6.57. The molecule has 4 nitrogen and oxygen atoms in total. The smallest absolute Gasteiger partial charge is 0.0858 e. The van der Waals surface area contributed by atoms with E-state index in [9.17, 15) is 0 Å². The fraction of sp³-hybridized carbons (Fsp3) is 0.333. The summed E-state index contributed by atoms with van der Waals surface area (Å²) in [6.07, 6.45) is 0. The first-order valence-corrected chi connectivity index (χ1v) is 7.43. The predicted molar refractivity (Wildman–Crippen MR) is 94.8 cm³/mol. The van der Waals surface area contributed by atoms with Crippen molar-refractivity contribution < 1.29 is 0 Å². The molecule has 0 amide bonds. The van der Waals surface area contributed by atoms with Gasteiger partial charge in [0.1, 0.15) is 0 Å². The summed E-state index contributed by atoms with van der Waals surface area (Å²) in [5.74, 6) is 0. The largest absolute Gasteiger partial charge is 0.388 e. The second-order valence-electron chi connectivity index (χ2n) is 6.24. The van der Waals surface area contributed by atoms with Gasteiger partial charge in [-0.25, -0.2) is 0 Å². The molecule has 0 aliphatic carbocycles. The van der Waals surface area contributed by atoms with Crippen LogP contribution in [0.1, 0.15) is 20.8 Å². The van der Waals surface area contributed by atoms with Gasteiger partial charge in [0.2, 0.25) is 0 Å². The van der Waals surface area contributed by atoms with E-state index in [1.165, 1.54) is 5.69 Å². The highest BCUT2D eigenvalue weighted by molar-refractivity contribution is 5.54. The summed E-state index contributed by atoms with van der Waals surface area (Å²) in [5.41, 5.74) is 4.02. The van der Waals surface area contributed by atoms with Gasteiger partial charge in [-0.1, -0.05) is 0 Å². The zero-order valence-electron chi connectivity index (χ0n) is 14.0. The first kappa shape index (κ1) is 16.0. The third-order valence-corrected chi connectivity index (χ3v) is 3.68. The van der Waals surface area contributed by atoms with E-state index in [2.05, 4.69) is 60.4 Å². The quantitative estimate of drug-likeness (QED) is 0.769. The van der Waals surface area contributed by atoms with Crippen molar-refractivity contribution in [3.63, 3.8) is 0 Å². The average Bonchev–Trinajstić information content (AvgIpc) is 2.52. The summed E-state index contributed by atoms with van der Waals surface area (Å²) < 4.78 is 0. The van der Waals surface area contributed by atoms with Crippen molar-refractivity contribution in [2.45, 2.75) is 26.3 Å². The standard InChI is InChI=1S/C18H24N4/c1-18(2,3)22(5)17-12-10-16(11-13-17)21-20-15-8-6-14(19-4)7-9-15/h6-13,19H,1-5H3/b21-20+. The van der Waals surface area contributed by atoms with Crippen LogP contribution in [0.4, 0.5) is 22.7 Å². The van der Waals surface area contributed by atoms with Crippen LogP contribution in [0, 0.1) is 0 Å². The fourth-order valence-electron chi connectivity index (χ4n) is 1.94. The summed E-state index contributed by atoms with van der Waals surface area (Å²) in [4.78, 5) is 2.24. The molecule has 0 spiro atoms. The van der Waals surface area contributed by atoms with Crippen molar-refractivity contribution in [3.8, 4) is 0 Å². The van der Waals surface area contributed by atoms with Gasteiger partial charge >= 0.3 is 0 Å². The molecular weight excluding hydrogens is 272 g/mol. The first-order chi connectivity index (χ1) is 10.4. The lowest BCUT2D eigenvalue weighted by Gasteiger charge is -2.34. The highest BCUT2D eigenvalue weighted by Crippen LogP contribution is 2.25. The zero-order chi connectivity index (χ0) is 16.2. The van der Waals surface area contributed by atoms with E-state index >= 15 is 0 Å². The molecular formula is C18H24N4. The molecule has 0 fully saturated rings. The highest BCUT2D eigenvalue weighted by Gasteiger charge is 2.16. The molecule has 0 unspecified atom stereocenters. The van der Waals surface area contributed by atoms with E-state index in [-0.39, 0.29) is 5.54 Å². The van der Waals surface area contributed by atoms with Crippen molar-refractivity contribution in [2.24, 2.45) is 10.2 Å². The van der Waals surface area contributed by atoms with E-state index in [0.29, 0.717) is 0 Å². The minimum atomic E-state index is 0.0953. The van der Waals surface area contributed by atoms with Gasteiger partial charge in [0.05, 0.1) is 11.4 Å². The number of rotatable bonds is 4. The lowest BCUT2D eigenvalue weighted by Crippen LogP contribution is -2.37. The highest BCUT2D eigenvalue weighted by atomic mass is 15.2.